The molecule has 1 aromatic rings. The van der Waals surface area contributed by atoms with E-state index < -0.39 is 6.16 Å². The molecule has 1 aromatic carbocycles. The van der Waals surface area contributed by atoms with Crippen LogP contribution in [0.4, 0.5) is 0 Å². The second-order valence-corrected chi connectivity index (χ2v) is 2.38. The fourth-order valence-electron chi connectivity index (χ4n) is 0.968. The van der Waals surface area contributed by atoms with E-state index in [9.17, 15) is 0 Å². The number of hydrogen-bond acceptors (Lipinski definition) is 5. The van der Waals surface area contributed by atoms with E-state index in [4.69, 9.17) is 15.3 Å². The average molecular weight is 170 g/mol. The summed E-state index contributed by atoms with van der Waals surface area (Å²) >= 11 is 0. The SMILES string of the molecule is Oc1ccc2c(c1)OC(O)(O)O2. The second kappa shape index (κ2) is 2.02. The van der Waals surface area contributed by atoms with E-state index in [-0.39, 0.29) is 17.2 Å². The number of aromatic hydroxyl groups is 1. The molecule has 0 aromatic heterocycles. The summed E-state index contributed by atoms with van der Waals surface area (Å²) in [5, 5.41) is 26.6. The summed E-state index contributed by atoms with van der Waals surface area (Å²) in [7, 11) is 0. The summed E-state index contributed by atoms with van der Waals surface area (Å²) in [6.07, 6.45) is -2.61. The monoisotopic (exact) mass is 170 g/mol. The Morgan fingerprint density at radius 1 is 1.08 bits per heavy atom. The first kappa shape index (κ1) is 7.20. The lowest BCUT2D eigenvalue weighted by Crippen LogP contribution is -2.37. The molecule has 5 heteroatoms. The van der Waals surface area contributed by atoms with Gasteiger partial charge in [-0.3, -0.25) is 10.2 Å². The van der Waals surface area contributed by atoms with Crippen LogP contribution in [-0.4, -0.2) is 21.5 Å². The van der Waals surface area contributed by atoms with E-state index >= 15 is 0 Å². The molecule has 1 aliphatic rings. The number of aliphatic hydroxyl groups is 2. The van der Waals surface area contributed by atoms with E-state index in [0.29, 0.717) is 0 Å². The van der Waals surface area contributed by atoms with Gasteiger partial charge >= 0.3 is 6.16 Å². The summed E-state index contributed by atoms with van der Waals surface area (Å²) < 4.78 is 9.03. The minimum Gasteiger partial charge on any atom is -0.508 e. The van der Waals surface area contributed by atoms with E-state index in [1.807, 2.05) is 0 Å². The van der Waals surface area contributed by atoms with Crippen molar-refractivity contribution in [2.24, 2.45) is 0 Å². The van der Waals surface area contributed by atoms with Gasteiger partial charge in [0.05, 0.1) is 0 Å². The highest BCUT2D eigenvalue weighted by Gasteiger charge is 2.38. The van der Waals surface area contributed by atoms with Gasteiger partial charge in [-0.25, -0.2) is 0 Å². The van der Waals surface area contributed by atoms with Gasteiger partial charge in [0.25, 0.3) is 0 Å². The van der Waals surface area contributed by atoms with Crippen LogP contribution in [-0.2, 0) is 0 Å². The van der Waals surface area contributed by atoms with Crippen molar-refractivity contribution in [2.45, 2.75) is 6.16 Å². The molecule has 0 amide bonds. The molecule has 1 heterocycles. The van der Waals surface area contributed by atoms with Crippen LogP contribution in [0, 0.1) is 0 Å². The van der Waals surface area contributed by atoms with Gasteiger partial charge in [0.1, 0.15) is 5.75 Å². The molecule has 12 heavy (non-hydrogen) atoms. The van der Waals surface area contributed by atoms with Gasteiger partial charge < -0.3 is 14.6 Å². The van der Waals surface area contributed by atoms with Crippen LogP contribution >= 0.6 is 0 Å². The summed E-state index contributed by atoms with van der Waals surface area (Å²) in [6, 6.07) is 3.95. The second-order valence-electron chi connectivity index (χ2n) is 2.38. The summed E-state index contributed by atoms with van der Waals surface area (Å²) in [5.41, 5.74) is 0. The number of ether oxygens (including phenoxy) is 2. The van der Waals surface area contributed by atoms with Crippen LogP contribution in [0.1, 0.15) is 0 Å². The van der Waals surface area contributed by atoms with Gasteiger partial charge in [0.2, 0.25) is 0 Å². The van der Waals surface area contributed by atoms with Crippen LogP contribution in [0.25, 0.3) is 0 Å². The van der Waals surface area contributed by atoms with Gasteiger partial charge in [-0.15, -0.1) is 0 Å². The standard InChI is InChI=1S/C7H6O5/c8-4-1-2-5-6(3-4)12-7(9,10)11-5/h1-3,8-10H. The lowest BCUT2D eigenvalue weighted by Gasteiger charge is -2.10. The molecule has 5 nitrogen and oxygen atoms in total. The van der Waals surface area contributed by atoms with Crippen LogP contribution in [0.3, 0.4) is 0 Å². The fourth-order valence-corrected chi connectivity index (χ4v) is 0.968. The number of phenols is 1. The zero-order valence-corrected chi connectivity index (χ0v) is 5.89. The maximum atomic E-state index is 8.97. The molecule has 0 saturated heterocycles. The van der Waals surface area contributed by atoms with Crippen LogP contribution < -0.4 is 9.47 Å². The summed E-state index contributed by atoms with van der Waals surface area (Å²) in [5.74, 6) is 0.243. The Balaban J connectivity index is 2.43. The molecule has 2 rings (SSSR count). The Morgan fingerprint density at radius 2 is 1.75 bits per heavy atom. The molecule has 1 aliphatic heterocycles. The largest absolute Gasteiger partial charge is 0.508 e. The molecular weight excluding hydrogens is 164 g/mol. The van der Waals surface area contributed by atoms with Crippen LogP contribution in [0.2, 0.25) is 0 Å². The smallest absolute Gasteiger partial charge is 0.505 e. The first-order valence-electron chi connectivity index (χ1n) is 3.23. The van der Waals surface area contributed by atoms with Crippen molar-refractivity contribution in [1.29, 1.82) is 0 Å². The van der Waals surface area contributed by atoms with Crippen molar-refractivity contribution in [3.05, 3.63) is 18.2 Å². The highest BCUT2D eigenvalue weighted by atomic mass is 17.0. The number of rotatable bonds is 0. The molecule has 0 bridgehead atoms. The van der Waals surface area contributed by atoms with Gasteiger partial charge in [-0.2, -0.15) is 0 Å². The predicted octanol–water partition coefficient (Wildman–Crippen LogP) is -0.241. The third kappa shape index (κ3) is 1.05. The van der Waals surface area contributed by atoms with Gasteiger partial charge in [0, 0.05) is 6.07 Å². The van der Waals surface area contributed by atoms with Crippen molar-refractivity contribution < 1.29 is 24.8 Å². The fraction of sp³-hybridized carbons (Fsp3) is 0.143. The summed E-state index contributed by atoms with van der Waals surface area (Å²) in [4.78, 5) is 0. The molecule has 3 N–H and O–H groups in total. The maximum Gasteiger partial charge on any atom is 0.505 e. The van der Waals surface area contributed by atoms with Crippen LogP contribution in [0.5, 0.6) is 17.2 Å². The van der Waals surface area contributed by atoms with Crippen molar-refractivity contribution in [3.8, 4) is 17.2 Å². The highest BCUT2D eigenvalue weighted by molar-refractivity contribution is 5.46. The lowest BCUT2D eigenvalue weighted by molar-refractivity contribution is -0.385. The minimum absolute atomic E-state index is 0.0324. The molecule has 0 unspecified atom stereocenters. The number of hydrogen-bond donors (Lipinski definition) is 3. The minimum atomic E-state index is -2.61. The third-order valence-corrected chi connectivity index (χ3v) is 1.41. The van der Waals surface area contributed by atoms with E-state index in [1.165, 1.54) is 18.2 Å². The Bertz CT molecular complexity index is 320. The van der Waals surface area contributed by atoms with E-state index in [0.717, 1.165) is 0 Å². The quantitative estimate of drug-likeness (QED) is 0.468. The molecule has 0 radical (unpaired) electrons. The molecule has 0 aliphatic carbocycles. The molecular formula is C7H6O5. The van der Waals surface area contributed by atoms with Crippen molar-refractivity contribution in [2.75, 3.05) is 0 Å². The van der Waals surface area contributed by atoms with Gasteiger partial charge in [0.15, 0.2) is 11.5 Å². The first-order valence-corrected chi connectivity index (χ1v) is 3.23. The first-order chi connectivity index (χ1) is 5.57. The van der Waals surface area contributed by atoms with Gasteiger partial charge in [-0.05, 0) is 12.1 Å². The Labute approximate surface area is 67.4 Å². The van der Waals surface area contributed by atoms with Crippen molar-refractivity contribution >= 4 is 0 Å². The Kier molecular flexibility index (Phi) is 1.22. The maximum absolute atomic E-state index is 8.97. The zero-order valence-electron chi connectivity index (χ0n) is 5.89. The lowest BCUT2D eigenvalue weighted by atomic mass is 10.3. The zero-order chi connectivity index (χ0) is 8.77. The summed E-state index contributed by atoms with van der Waals surface area (Å²) in [6.45, 7) is 0. The van der Waals surface area contributed by atoms with E-state index in [2.05, 4.69) is 9.47 Å². The topological polar surface area (TPSA) is 79.2 Å². The molecule has 0 fully saturated rings. The van der Waals surface area contributed by atoms with Crippen molar-refractivity contribution in [3.63, 3.8) is 0 Å². The Morgan fingerprint density at radius 3 is 2.50 bits per heavy atom. The average Bonchev–Trinajstić information content (AvgIpc) is 2.21. The van der Waals surface area contributed by atoms with Crippen LogP contribution in [0.15, 0.2) is 18.2 Å². The number of phenolic OH excluding ortho intramolecular Hbond substituents is 1. The number of fused-ring (bicyclic) bond motifs is 1. The molecule has 0 atom stereocenters. The van der Waals surface area contributed by atoms with Crippen molar-refractivity contribution in [1.82, 2.24) is 0 Å². The number of benzene rings is 1. The predicted molar refractivity (Wildman–Crippen MR) is 36.5 cm³/mol. The third-order valence-electron chi connectivity index (χ3n) is 1.41. The molecule has 0 saturated carbocycles. The van der Waals surface area contributed by atoms with E-state index in [1.54, 1.807) is 0 Å². The molecule has 0 spiro atoms. The molecule has 64 valence electrons. The van der Waals surface area contributed by atoms with Gasteiger partial charge in [-0.1, -0.05) is 0 Å². The Hall–Kier alpha value is -1.46. The normalized spacial score (nSPS) is 17.8. The highest BCUT2D eigenvalue weighted by Crippen LogP contribution is 2.39.